The van der Waals surface area contributed by atoms with Crippen molar-refractivity contribution in [2.75, 3.05) is 36.5 Å². The van der Waals surface area contributed by atoms with E-state index in [4.69, 9.17) is 9.72 Å². The van der Waals surface area contributed by atoms with Gasteiger partial charge < -0.3 is 19.7 Å². The third-order valence-electron chi connectivity index (χ3n) is 4.29. The van der Waals surface area contributed by atoms with Crippen LogP contribution >= 0.6 is 0 Å². The van der Waals surface area contributed by atoms with Crippen LogP contribution in [0.2, 0.25) is 0 Å². The molecular weight excluding hydrogens is 322 g/mol. The first-order chi connectivity index (χ1) is 12.3. The summed E-state index contributed by atoms with van der Waals surface area (Å²) >= 11 is 0. The summed E-state index contributed by atoms with van der Waals surface area (Å²) in [5.41, 5.74) is 3.65. The summed E-state index contributed by atoms with van der Waals surface area (Å²) < 4.78 is 5.52. The van der Waals surface area contributed by atoms with Crippen molar-refractivity contribution in [1.29, 1.82) is 0 Å². The van der Waals surface area contributed by atoms with E-state index in [0.717, 1.165) is 35.4 Å². The van der Waals surface area contributed by atoms with E-state index < -0.39 is 0 Å². The highest BCUT2D eigenvalue weighted by molar-refractivity contribution is 5.97. The Balaban J connectivity index is 1.85. The van der Waals surface area contributed by atoms with E-state index in [1.165, 1.54) is 0 Å². The van der Waals surface area contributed by atoms with Crippen LogP contribution in [0.1, 0.15) is 6.92 Å². The molecule has 0 unspecified atom stereocenters. The van der Waals surface area contributed by atoms with Gasteiger partial charge in [0, 0.05) is 18.8 Å². The van der Waals surface area contributed by atoms with Crippen molar-refractivity contribution >= 4 is 28.8 Å². The summed E-state index contributed by atoms with van der Waals surface area (Å²) in [5.74, 6) is 0.829. The largest absolute Gasteiger partial charge is 0.377 e. The molecule has 0 bridgehead atoms. The predicted octanol–water partition coefficient (Wildman–Crippen LogP) is 1.18. The van der Waals surface area contributed by atoms with Gasteiger partial charge in [-0.05, 0) is 13.0 Å². The average molecular weight is 341 g/mol. The molecule has 0 spiro atoms. The highest BCUT2D eigenvalue weighted by Gasteiger charge is 2.23. The number of hydrogen-bond acceptors (Lipinski definition) is 7. The number of aromatic nitrogens is 5. The van der Waals surface area contributed by atoms with E-state index in [2.05, 4.69) is 37.5 Å². The first-order valence-corrected chi connectivity index (χ1v) is 8.19. The normalized spacial score (nSPS) is 17.8. The molecule has 3 aromatic heterocycles. The highest BCUT2D eigenvalue weighted by Crippen LogP contribution is 2.32. The number of nitrogens with one attached hydrogen (secondary N) is 3. The molecule has 4 heterocycles. The Hall–Kier alpha value is -2.94. The van der Waals surface area contributed by atoms with Crippen molar-refractivity contribution in [3.8, 4) is 11.4 Å². The molecule has 1 aliphatic rings. The van der Waals surface area contributed by atoms with Crippen molar-refractivity contribution in [2.24, 2.45) is 0 Å². The van der Waals surface area contributed by atoms with Gasteiger partial charge in [-0.25, -0.2) is 4.98 Å². The number of rotatable bonds is 5. The van der Waals surface area contributed by atoms with Gasteiger partial charge in [0.2, 0.25) is 0 Å². The summed E-state index contributed by atoms with van der Waals surface area (Å²) in [4.78, 5) is 17.8. The molecule has 9 heteroatoms. The molecule has 0 radical (unpaired) electrons. The number of aromatic amines is 2. The summed E-state index contributed by atoms with van der Waals surface area (Å²) in [6.45, 7) is 4.41. The number of anilines is 2. The van der Waals surface area contributed by atoms with Crippen molar-refractivity contribution in [1.82, 2.24) is 25.4 Å². The number of nitrogens with zero attached hydrogens (tertiary/aromatic N) is 4. The fourth-order valence-corrected chi connectivity index (χ4v) is 3.06. The molecule has 1 saturated heterocycles. The maximum atomic E-state index is 10.8. The Bertz CT molecular complexity index is 874. The molecule has 1 aliphatic heterocycles. The molecule has 0 aliphatic carbocycles. The number of carbonyl (C=O) groups excluding carboxylic acids is 1. The zero-order valence-corrected chi connectivity index (χ0v) is 13.8. The number of fused-ring (bicyclic) bond motifs is 1. The summed E-state index contributed by atoms with van der Waals surface area (Å²) in [7, 11) is 0. The lowest BCUT2D eigenvalue weighted by Crippen LogP contribution is -2.44. The number of H-pyrrole nitrogens is 2. The predicted molar refractivity (Wildman–Crippen MR) is 93.7 cm³/mol. The van der Waals surface area contributed by atoms with E-state index in [1.807, 2.05) is 12.1 Å². The van der Waals surface area contributed by atoms with Crippen LogP contribution in [0.3, 0.4) is 0 Å². The maximum Gasteiger partial charge on any atom is 0.139 e. The number of morpholine rings is 1. The maximum absolute atomic E-state index is 10.8. The second kappa shape index (κ2) is 6.52. The Kier molecular flexibility index (Phi) is 4.06. The first-order valence-electron chi connectivity index (χ1n) is 8.19. The van der Waals surface area contributed by atoms with Gasteiger partial charge in [-0.2, -0.15) is 10.2 Å². The Morgan fingerprint density at radius 1 is 1.48 bits per heavy atom. The van der Waals surface area contributed by atoms with E-state index in [-0.39, 0.29) is 12.6 Å². The minimum Gasteiger partial charge on any atom is -0.377 e. The van der Waals surface area contributed by atoms with Crippen LogP contribution < -0.4 is 10.2 Å². The number of hydrogen-bond donors (Lipinski definition) is 3. The summed E-state index contributed by atoms with van der Waals surface area (Å²) in [6, 6.07) is 4.01. The van der Waals surface area contributed by atoms with Gasteiger partial charge in [0.15, 0.2) is 0 Å². The molecule has 0 saturated carbocycles. The van der Waals surface area contributed by atoms with E-state index >= 15 is 0 Å². The van der Waals surface area contributed by atoms with Crippen LogP contribution in [-0.2, 0) is 9.53 Å². The molecule has 25 heavy (non-hydrogen) atoms. The van der Waals surface area contributed by atoms with Crippen molar-refractivity contribution in [2.45, 2.75) is 13.0 Å². The molecule has 9 nitrogen and oxygen atoms in total. The molecule has 3 aromatic rings. The number of carbonyl (C=O) groups is 1. The van der Waals surface area contributed by atoms with Crippen LogP contribution in [0.4, 0.5) is 11.5 Å². The number of ether oxygens (including phenoxy) is 1. The minimum absolute atomic E-state index is 0.216. The van der Waals surface area contributed by atoms with Crippen LogP contribution in [0.25, 0.3) is 22.4 Å². The molecule has 0 aromatic carbocycles. The van der Waals surface area contributed by atoms with Crippen LogP contribution in [0, 0.1) is 0 Å². The molecular formula is C16H19N7O2. The minimum atomic E-state index is 0.216. The zero-order valence-electron chi connectivity index (χ0n) is 13.8. The van der Waals surface area contributed by atoms with Crippen LogP contribution in [0.15, 0.2) is 18.3 Å². The van der Waals surface area contributed by atoms with Crippen molar-refractivity contribution in [3.63, 3.8) is 0 Å². The van der Waals surface area contributed by atoms with Gasteiger partial charge in [0.1, 0.15) is 34.5 Å². The van der Waals surface area contributed by atoms with Gasteiger partial charge in [-0.3, -0.25) is 10.2 Å². The third kappa shape index (κ3) is 2.82. The van der Waals surface area contributed by atoms with E-state index in [1.54, 1.807) is 6.20 Å². The van der Waals surface area contributed by atoms with Gasteiger partial charge in [0.05, 0.1) is 31.5 Å². The van der Waals surface area contributed by atoms with Crippen molar-refractivity contribution < 1.29 is 9.53 Å². The average Bonchev–Trinajstić information content (AvgIpc) is 3.29. The summed E-state index contributed by atoms with van der Waals surface area (Å²) in [5, 5.41) is 17.5. The molecule has 3 N–H and O–H groups in total. The summed E-state index contributed by atoms with van der Waals surface area (Å²) in [6.07, 6.45) is 2.57. The van der Waals surface area contributed by atoms with Gasteiger partial charge >= 0.3 is 0 Å². The monoisotopic (exact) mass is 341 g/mol. The lowest BCUT2D eigenvalue weighted by Gasteiger charge is -2.34. The number of pyridine rings is 1. The van der Waals surface area contributed by atoms with Gasteiger partial charge in [-0.1, -0.05) is 0 Å². The van der Waals surface area contributed by atoms with Crippen LogP contribution in [0.5, 0.6) is 0 Å². The van der Waals surface area contributed by atoms with E-state index in [9.17, 15) is 4.79 Å². The third-order valence-corrected chi connectivity index (χ3v) is 4.29. The lowest BCUT2D eigenvalue weighted by atomic mass is 10.2. The molecule has 1 fully saturated rings. The molecule has 130 valence electrons. The highest BCUT2D eigenvalue weighted by atomic mass is 16.5. The Morgan fingerprint density at radius 3 is 3.16 bits per heavy atom. The molecule has 4 rings (SSSR count). The standard InChI is InChI=1S/C16H19N7O2/c1-10-9-25-7-5-23(10)13-8-12(17-4-6-24)15-16(19-13)14(21-22-15)11-2-3-18-20-11/h2-3,6,8,10H,4-5,7,9H2,1H3,(H,17,19)(H,18,20)(H,21,22)/t10-/m1/s1. The fourth-order valence-electron chi connectivity index (χ4n) is 3.06. The lowest BCUT2D eigenvalue weighted by molar-refractivity contribution is -0.106. The molecule has 0 amide bonds. The smallest absolute Gasteiger partial charge is 0.139 e. The Morgan fingerprint density at radius 2 is 2.40 bits per heavy atom. The quantitative estimate of drug-likeness (QED) is 0.598. The second-order valence-electron chi connectivity index (χ2n) is 5.95. The van der Waals surface area contributed by atoms with Crippen LogP contribution in [-0.4, -0.2) is 64.0 Å². The molecule has 1 atom stereocenters. The fraction of sp³-hybridized carbons (Fsp3) is 0.375. The van der Waals surface area contributed by atoms with Gasteiger partial charge in [0.25, 0.3) is 0 Å². The van der Waals surface area contributed by atoms with Crippen molar-refractivity contribution in [3.05, 3.63) is 18.3 Å². The SMILES string of the molecule is C[C@@H]1COCCN1c1cc(NCC=O)c2[nH]nc(-c3cc[nH]n3)c2n1. The first kappa shape index (κ1) is 15.6. The second-order valence-corrected chi connectivity index (χ2v) is 5.95. The Labute approximate surface area is 143 Å². The van der Waals surface area contributed by atoms with Gasteiger partial charge in [-0.15, -0.1) is 0 Å². The van der Waals surface area contributed by atoms with E-state index in [0.29, 0.717) is 24.6 Å². The zero-order chi connectivity index (χ0) is 17.2. The topological polar surface area (TPSA) is 112 Å². The number of aldehydes is 1.